The van der Waals surface area contributed by atoms with E-state index in [2.05, 4.69) is 22.1 Å². The lowest BCUT2D eigenvalue weighted by Crippen LogP contribution is -2.27. The number of hydrogen-bond donors (Lipinski definition) is 1. The number of benzene rings is 1. The second kappa shape index (κ2) is 8.86. The highest BCUT2D eigenvalue weighted by molar-refractivity contribution is 5.86. The molecule has 1 heterocycles. The zero-order valence-electron chi connectivity index (χ0n) is 14.7. The van der Waals surface area contributed by atoms with E-state index >= 15 is 0 Å². The highest BCUT2D eigenvalue weighted by Gasteiger charge is 2.16. The van der Waals surface area contributed by atoms with Gasteiger partial charge in [-0.3, -0.25) is 10.3 Å². The van der Waals surface area contributed by atoms with Gasteiger partial charge in [-0.1, -0.05) is 42.2 Å². The van der Waals surface area contributed by atoms with E-state index in [0.717, 1.165) is 5.56 Å². The first-order valence-electron chi connectivity index (χ1n) is 7.98. The largest absolute Gasteiger partial charge is 0.444 e. The van der Waals surface area contributed by atoms with Crippen molar-refractivity contribution in [2.45, 2.75) is 33.0 Å². The summed E-state index contributed by atoms with van der Waals surface area (Å²) in [5.41, 5.74) is 1.70. The Labute approximate surface area is 148 Å². The maximum absolute atomic E-state index is 11.9. The molecule has 1 aromatic carbocycles. The van der Waals surface area contributed by atoms with Crippen LogP contribution in [0.1, 0.15) is 31.9 Å². The lowest BCUT2D eigenvalue weighted by molar-refractivity contribution is 0.0636. The molecular weight excluding hydrogens is 316 g/mol. The van der Waals surface area contributed by atoms with Gasteiger partial charge in [0, 0.05) is 6.20 Å². The minimum Gasteiger partial charge on any atom is -0.444 e. The molecule has 0 aliphatic heterocycles. The maximum Gasteiger partial charge on any atom is 0.412 e. The summed E-state index contributed by atoms with van der Waals surface area (Å²) in [7, 11) is 0. The zero-order valence-corrected chi connectivity index (χ0v) is 14.7. The Hall–Kier alpha value is -2.84. The van der Waals surface area contributed by atoms with Crippen molar-refractivity contribution in [1.29, 1.82) is 0 Å². The van der Waals surface area contributed by atoms with E-state index in [1.165, 1.54) is 0 Å². The van der Waals surface area contributed by atoms with Gasteiger partial charge in [-0.15, -0.1) is 0 Å². The van der Waals surface area contributed by atoms with E-state index in [1.807, 2.05) is 30.3 Å². The first-order chi connectivity index (χ1) is 11.9. The second-order valence-corrected chi connectivity index (χ2v) is 6.33. The molecule has 0 radical (unpaired) electrons. The van der Waals surface area contributed by atoms with Gasteiger partial charge in [0.15, 0.2) is 0 Å². The fraction of sp³-hybridized carbons (Fsp3) is 0.300. The Morgan fingerprint density at radius 1 is 1.20 bits per heavy atom. The smallest absolute Gasteiger partial charge is 0.412 e. The monoisotopic (exact) mass is 338 g/mol. The van der Waals surface area contributed by atoms with Crippen molar-refractivity contribution in [3.63, 3.8) is 0 Å². The number of carbonyl (C=O) groups excluding carboxylic acids is 1. The van der Waals surface area contributed by atoms with Crippen LogP contribution < -0.4 is 5.32 Å². The summed E-state index contributed by atoms with van der Waals surface area (Å²) in [4.78, 5) is 15.9. The summed E-state index contributed by atoms with van der Waals surface area (Å²) in [5, 5.41) is 2.67. The predicted octanol–water partition coefficient (Wildman–Crippen LogP) is 4.00. The van der Waals surface area contributed by atoms with E-state index in [4.69, 9.17) is 9.47 Å². The molecule has 0 aliphatic rings. The molecule has 5 nitrogen and oxygen atoms in total. The van der Waals surface area contributed by atoms with Gasteiger partial charge < -0.3 is 9.47 Å². The number of amides is 1. The molecule has 1 N–H and O–H groups in total. The highest BCUT2D eigenvalue weighted by Crippen LogP contribution is 2.14. The number of aromatic nitrogens is 1. The minimum atomic E-state index is -0.566. The number of hydrogen-bond acceptors (Lipinski definition) is 4. The van der Waals surface area contributed by atoms with Crippen LogP contribution in [0.4, 0.5) is 10.5 Å². The quantitative estimate of drug-likeness (QED) is 0.676. The Bertz CT molecular complexity index is 756. The van der Waals surface area contributed by atoms with Crippen molar-refractivity contribution in [3.05, 3.63) is 59.9 Å². The normalized spacial score (nSPS) is 10.5. The lowest BCUT2D eigenvalue weighted by atomic mass is 10.2. The van der Waals surface area contributed by atoms with Crippen LogP contribution in [0.2, 0.25) is 0 Å². The van der Waals surface area contributed by atoms with Gasteiger partial charge in [0.25, 0.3) is 0 Å². The van der Waals surface area contributed by atoms with Gasteiger partial charge in [-0.2, -0.15) is 0 Å². The summed E-state index contributed by atoms with van der Waals surface area (Å²) in [5.74, 6) is 5.92. The molecule has 1 amide bonds. The van der Waals surface area contributed by atoms with E-state index in [0.29, 0.717) is 24.5 Å². The van der Waals surface area contributed by atoms with Crippen LogP contribution in [0.3, 0.4) is 0 Å². The van der Waals surface area contributed by atoms with Crippen molar-refractivity contribution < 1.29 is 14.3 Å². The summed E-state index contributed by atoms with van der Waals surface area (Å²) in [6.07, 6.45) is 2.62. The molecule has 130 valence electrons. The number of nitrogens with zero attached hydrogens (tertiary/aromatic N) is 1. The Balaban J connectivity index is 1.91. The number of pyridine rings is 1. The number of nitrogens with one attached hydrogen (secondary N) is 1. The van der Waals surface area contributed by atoms with E-state index in [9.17, 15) is 4.79 Å². The molecule has 0 bridgehead atoms. The Kier molecular flexibility index (Phi) is 6.55. The van der Waals surface area contributed by atoms with Crippen LogP contribution in [-0.2, 0) is 16.1 Å². The predicted molar refractivity (Wildman–Crippen MR) is 97.1 cm³/mol. The van der Waals surface area contributed by atoms with Crippen molar-refractivity contribution >= 4 is 11.8 Å². The molecule has 1 aromatic heterocycles. The second-order valence-electron chi connectivity index (χ2n) is 6.33. The van der Waals surface area contributed by atoms with Crippen molar-refractivity contribution in [2.75, 3.05) is 11.9 Å². The van der Waals surface area contributed by atoms with Gasteiger partial charge >= 0.3 is 6.09 Å². The lowest BCUT2D eigenvalue weighted by Gasteiger charge is -2.19. The third-order valence-electron chi connectivity index (χ3n) is 2.97. The van der Waals surface area contributed by atoms with Crippen molar-refractivity contribution in [3.8, 4) is 11.8 Å². The fourth-order valence-corrected chi connectivity index (χ4v) is 1.94. The summed E-state index contributed by atoms with van der Waals surface area (Å²) in [6, 6.07) is 11.6. The Morgan fingerprint density at radius 2 is 1.96 bits per heavy atom. The van der Waals surface area contributed by atoms with Crippen molar-refractivity contribution in [1.82, 2.24) is 4.98 Å². The van der Waals surface area contributed by atoms with Crippen LogP contribution in [0.25, 0.3) is 0 Å². The molecule has 5 heteroatoms. The van der Waals surface area contributed by atoms with Crippen LogP contribution in [0.15, 0.2) is 48.8 Å². The zero-order chi connectivity index (χ0) is 18.1. The molecule has 0 saturated carbocycles. The molecule has 0 unspecified atom stereocenters. The first kappa shape index (κ1) is 18.5. The molecule has 2 aromatic rings. The average molecular weight is 338 g/mol. The maximum atomic E-state index is 11.9. The molecule has 0 atom stereocenters. The van der Waals surface area contributed by atoms with Gasteiger partial charge in [0.2, 0.25) is 0 Å². The van der Waals surface area contributed by atoms with Crippen LogP contribution in [0, 0.1) is 11.8 Å². The molecule has 0 spiro atoms. The molecule has 0 aliphatic carbocycles. The first-order valence-corrected chi connectivity index (χ1v) is 7.98. The van der Waals surface area contributed by atoms with E-state index in [-0.39, 0.29) is 0 Å². The molecule has 0 fully saturated rings. The topological polar surface area (TPSA) is 60.5 Å². The molecule has 0 saturated heterocycles. The summed E-state index contributed by atoms with van der Waals surface area (Å²) < 4.78 is 10.8. The standard InChI is InChI=1S/C20H22N2O3/c1-20(2,3)25-19(23)22-18-14-21-12-11-17(18)10-7-13-24-15-16-8-5-4-6-9-16/h4-6,8-9,11-12,14H,13,15H2,1-3H3,(H,22,23). The molecular formula is C20H22N2O3. The fourth-order valence-electron chi connectivity index (χ4n) is 1.94. The number of carbonyl (C=O) groups is 1. The van der Waals surface area contributed by atoms with Crippen LogP contribution in [0.5, 0.6) is 0 Å². The van der Waals surface area contributed by atoms with E-state index < -0.39 is 11.7 Å². The number of ether oxygens (including phenoxy) is 2. The minimum absolute atomic E-state index is 0.295. The summed E-state index contributed by atoms with van der Waals surface area (Å²) in [6.45, 7) is 6.22. The average Bonchev–Trinajstić information content (AvgIpc) is 2.55. The van der Waals surface area contributed by atoms with E-state index in [1.54, 1.807) is 39.2 Å². The molecule has 25 heavy (non-hydrogen) atoms. The number of rotatable bonds is 4. The molecule has 2 rings (SSSR count). The number of anilines is 1. The van der Waals surface area contributed by atoms with Crippen molar-refractivity contribution in [2.24, 2.45) is 0 Å². The van der Waals surface area contributed by atoms with Crippen LogP contribution >= 0.6 is 0 Å². The SMILES string of the molecule is CC(C)(C)OC(=O)Nc1cnccc1C#CCOCc1ccccc1. The summed E-state index contributed by atoms with van der Waals surface area (Å²) >= 11 is 0. The van der Waals surface area contributed by atoms with Gasteiger partial charge in [0.05, 0.1) is 24.1 Å². The van der Waals surface area contributed by atoms with Gasteiger partial charge in [-0.25, -0.2) is 4.79 Å². The third-order valence-corrected chi connectivity index (χ3v) is 2.97. The van der Waals surface area contributed by atoms with Gasteiger partial charge in [0.1, 0.15) is 12.2 Å². The third kappa shape index (κ3) is 7.06. The van der Waals surface area contributed by atoms with Gasteiger partial charge in [-0.05, 0) is 32.4 Å². The van der Waals surface area contributed by atoms with Crippen LogP contribution in [-0.4, -0.2) is 23.3 Å². The Morgan fingerprint density at radius 3 is 2.68 bits per heavy atom. The highest BCUT2D eigenvalue weighted by atomic mass is 16.6.